The Kier molecular flexibility index (Phi) is 3.75. The van der Waals surface area contributed by atoms with Crippen LogP contribution >= 0.6 is 0 Å². The number of aromatic hydroxyl groups is 1. The Hall–Kier alpha value is -2.32. The highest BCUT2D eigenvalue weighted by Gasteiger charge is 2.52. The van der Waals surface area contributed by atoms with Crippen LogP contribution in [0.1, 0.15) is 10.4 Å². The quantitative estimate of drug-likeness (QED) is 0.832. The van der Waals surface area contributed by atoms with Crippen LogP contribution in [0.15, 0.2) is 18.5 Å². The number of pyridine rings is 1. The number of hydrogen-bond acceptors (Lipinski definition) is 4. The van der Waals surface area contributed by atoms with Crippen molar-refractivity contribution in [1.29, 1.82) is 0 Å². The van der Waals surface area contributed by atoms with E-state index in [1.165, 1.54) is 0 Å². The zero-order valence-corrected chi connectivity index (χ0v) is 10.7. The zero-order chi connectivity index (χ0) is 15.8. The standard InChI is InChI=1S/C12H12F3N3O3/c13-12(14,15)9-5-18(4-8(9)10(16)20)11(21)6-1-7(19)3-17-2-6/h1-3,8-9,19H,4-5H2,(H2,16,20)/t8-,9-/m1/s1. The van der Waals surface area contributed by atoms with E-state index in [-0.39, 0.29) is 11.3 Å². The van der Waals surface area contributed by atoms with Crippen LogP contribution in [0.2, 0.25) is 0 Å². The highest BCUT2D eigenvalue weighted by molar-refractivity contribution is 5.95. The number of rotatable bonds is 2. The first-order chi connectivity index (χ1) is 9.70. The molecular formula is C12H12F3N3O3. The molecule has 0 bridgehead atoms. The van der Waals surface area contributed by atoms with Crippen LogP contribution in [0.25, 0.3) is 0 Å². The number of primary amides is 1. The molecule has 2 atom stereocenters. The average Bonchev–Trinajstić information content (AvgIpc) is 2.83. The lowest BCUT2D eigenvalue weighted by Gasteiger charge is -2.18. The molecule has 114 valence electrons. The van der Waals surface area contributed by atoms with Crippen molar-refractivity contribution in [1.82, 2.24) is 9.88 Å². The number of likely N-dealkylation sites (tertiary alicyclic amines) is 1. The second-order valence-corrected chi connectivity index (χ2v) is 4.80. The molecule has 0 unspecified atom stereocenters. The molecule has 1 aromatic heterocycles. The van der Waals surface area contributed by atoms with Gasteiger partial charge in [0.25, 0.3) is 5.91 Å². The Labute approximate surface area is 117 Å². The highest BCUT2D eigenvalue weighted by atomic mass is 19.4. The first-order valence-corrected chi connectivity index (χ1v) is 5.99. The first kappa shape index (κ1) is 15.1. The average molecular weight is 303 g/mol. The van der Waals surface area contributed by atoms with E-state index < -0.39 is 42.9 Å². The third-order valence-electron chi connectivity index (χ3n) is 3.36. The predicted octanol–water partition coefficient (Wildman–Crippen LogP) is 0.523. The lowest BCUT2D eigenvalue weighted by atomic mass is 9.95. The Balaban J connectivity index is 2.23. The van der Waals surface area contributed by atoms with E-state index in [1.54, 1.807) is 0 Å². The number of nitrogens with zero attached hydrogens (tertiary/aromatic N) is 2. The van der Waals surface area contributed by atoms with Gasteiger partial charge in [0, 0.05) is 19.3 Å². The molecular weight excluding hydrogens is 291 g/mol. The molecule has 1 aliphatic heterocycles. The summed E-state index contributed by atoms with van der Waals surface area (Å²) in [5.74, 6) is -5.57. The number of halogens is 3. The normalized spacial score (nSPS) is 22.3. The molecule has 1 aliphatic rings. The van der Waals surface area contributed by atoms with Gasteiger partial charge in [0.1, 0.15) is 5.75 Å². The largest absolute Gasteiger partial charge is 0.506 e. The summed E-state index contributed by atoms with van der Waals surface area (Å²) in [5, 5.41) is 9.24. The maximum Gasteiger partial charge on any atom is 0.394 e. The van der Waals surface area contributed by atoms with Crippen LogP contribution in [0.3, 0.4) is 0 Å². The highest BCUT2D eigenvalue weighted by Crippen LogP contribution is 2.37. The summed E-state index contributed by atoms with van der Waals surface area (Å²) in [6, 6.07) is 1.09. The molecule has 2 rings (SSSR count). The van der Waals surface area contributed by atoms with Crippen LogP contribution in [0.4, 0.5) is 13.2 Å². The van der Waals surface area contributed by atoms with Gasteiger partial charge in [0.2, 0.25) is 5.91 Å². The van der Waals surface area contributed by atoms with Gasteiger partial charge in [-0.2, -0.15) is 13.2 Å². The van der Waals surface area contributed by atoms with Crippen molar-refractivity contribution in [3.8, 4) is 5.75 Å². The Bertz CT molecular complexity index is 576. The van der Waals surface area contributed by atoms with Gasteiger partial charge >= 0.3 is 6.18 Å². The number of carbonyl (C=O) groups is 2. The van der Waals surface area contributed by atoms with Crippen LogP contribution in [-0.2, 0) is 4.79 Å². The lowest BCUT2D eigenvalue weighted by molar-refractivity contribution is -0.182. The number of carbonyl (C=O) groups excluding carboxylic acids is 2. The Morgan fingerprint density at radius 2 is 2.00 bits per heavy atom. The van der Waals surface area contributed by atoms with Crippen molar-refractivity contribution in [2.24, 2.45) is 17.6 Å². The van der Waals surface area contributed by atoms with E-state index >= 15 is 0 Å². The van der Waals surface area contributed by atoms with Crippen LogP contribution in [0, 0.1) is 11.8 Å². The number of aromatic nitrogens is 1. The molecule has 2 amide bonds. The predicted molar refractivity (Wildman–Crippen MR) is 64.0 cm³/mol. The molecule has 1 fully saturated rings. The molecule has 9 heteroatoms. The summed E-state index contributed by atoms with van der Waals surface area (Å²) in [6.07, 6.45) is -2.40. The second-order valence-electron chi connectivity index (χ2n) is 4.80. The fraction of sp³-hybridized carbons (Fsp3) is 0.417. The molecule has 0 radical (unpaired) electrons. The molecule has 6 nitrogen and oxygen atoms in total. The number of alkyl halides is 3. The molecule has 0 aromatic carbocycles. The van der Waals surface area contributed by atoms with Crippen molar-refractivity contribution < 1.29 is 27.9 Å². The van der Waals surface area contributed by atoms with Crippen LogP contribution < -0.4 is 5.73 Å². The third kappa shape index (κ3) is 3.06. The molecule has 1 saturated heterocycles. The number of nitrogens with two attached hydrogens (primary N) is 1. The van der Waals surface area contributed by atoms with Gasteiger partial charge in [0.15, 0.2) is 0 Å². The van der Waals surface area contributed by atoms with E-state index in [4.69, 9.17) is 5.73 Å². The first-order valence-electron chi connectivity index (χ1n) is 5.99. The van der Waals surface area contributed by atoms with Gasteiger partial charge in [-0.15, -0.1) is 0 Å². The van der Waals surface area contributed by atoms with Gasteiger partial charge in [-0.3, -0.25) is 14.6 Å². The minimum Gasteiger partial charge on any atom is -0.506 e. The lowest BCUT2D eigenvalue weighted by Crippen LogP contribution is -2.37. The topological polar surface area (TPSA) is 96.5 Å². The molecule has 21 heavy (non-hydrogen) atoms. The van der Waals surface area contributed by atoms with Crippen LogP contribution in [0.5, 0.6) is 5.75 Å². The summed E-state index contributed by atoms with van der Waals surface area (Å²) < 4.78 is 38.6. The number of amides is 2. The second kappa shape index (κ2) is 5.23. The molecule has 1 aromatic rings. The molecule has 3 N–H and O–H groups in total. The van der Waals surface area contributed by atoms with E-state index in [0.717, 1.165) is 23.4 Å². The summed E-state index contributed by atoms with van der Waals surface area (Å²) in [4.78, 5) is 27.7. The molecule has 0 saturated carbocycles. The van der Waals surface area contributed by atoms with Crippen molar-refractivity contribution in [3.05, 3.63) is 24.0 Å². The van der Waals surface area contributed by atoms with Crippen molar-refractivity contribution in [3.63, 3.8) is 0 Å². The summed E-state index contributed by atoms with van der Waals surface area (Å²) in [6.45, 7) is -1.06. The fourth-order valence-corrected chi connectivity index (χ4v) is 2.32. The van der Waals surface area contributed by atoms with Gasteiger partial charge < -0.3 is 15.7 Å². The van der Waals surface area contributed by atoms with E-state index in [2.05, 4.69) is 4.98 Å². The zero-order valence-electron chi connectivity index (χ0n) is 10.7. The van der Waals surface area contributed by atoms with Gasteiger partial charge in [-0.1, -0.05) is 0 Å². The number of hydrogen-bond donors (Lipinski definition) is 2. The van der Waals surface area contributed by atoms with E-state index in [0.29, 0.717) is 0 Å². The summed E-state index contributed by atoms with van der Waals surface area (Å²) in [5.41, 5.74) is 4.93. The van der Waals surface area contributed by atoms with Crippen molar-refractivity contribution in [2.75, 3.05) is 13.1 Å². The van der Waals surface area contributed by atoms with E-state index in [9.17, 15) is 27.9 Å². The van der Waals surface area contributed by atoms with Crippen molar-refractivity contribution in [2.45, 2.75) is 6.18 Å². The maximum atomic E-state index is 12.9. The SMILES string of the molecule is NC(=O)[C@@H]1CN(C(=O)c2cncc(O)c2)C[C@H]1C(F)(F)F. The smallest absolute Gasteiger partial charge is 0.394 e. The molecule has 2 heterocycles. The molecule has 0 aliphatic carbocycles. The minimum atomic E-state index is -4.62. The van der Waals surface area contributed by atoms with Gasteiger partial charge in [-0.05, 0) is 6.07 Å². The summed E-state index contributed by atoms with van der Waals surface area (Å²) in [7, 11) is 0. The van der Waals surface area contributed by atoms with Gasteiger partial charge in [-0.25, -0.2) is 0 Å². The Morgan fingerprint density at radius 3 is 2.48 bits per heavy atom. The molecule has 0 spiro atoms. The fourth-order valence-electron chi connectivity index (χ4n) is 2.32. The van der Waals surface area contributed by atoms with Gasteiger partial charge in [0.05, 0.1) is 23.6 Å². The monoisotopic (exact) mass is 303 g/mol. The van der Waals surface area contributed by atoms with Crippen LogP contribution in [-0.4, -0.2) is 46.1 Å². The summed E-state index contributed by atoms with van der Waals surface area (Å²) >= 11 is 0. The Morgan fingerprint density at radius 1 is 1.33 bits per heavy atom. The third-order valence-corrected chi connectivity index (χ3v) is 3.36. The van der Waals surface area contributed by atoms with E-state index in [1.807, 2.05) is 0 Å². The van der Waals surface area contributed by atoms with Crippen molar-refractivity contribution >= 4 is 11.8 Å². The minimum absolute atomic E-state index is 0.0546. The maximum absolute atomic E-state index is 12.9.